The van der Waals surface area contributed by atoms with Crippen LogP contribution in [0.1, 0.15) is 43.6 Å². The number of nitrogens with zero attached hydrogens (tertiary/aromatic N) is 3. The molecule has 1 aromatic carbocycles. The van der Waals surface area contributed by atoms with Crippen LogP contribution in [0.25, 0.3) is 0 Å². The van der Waals surface area contributed by atoms with Crippen molar-refractivity contribution >= 4 is 23.7 Å². The van der Waals surface area contributed by atoms with Crippen LogP contribution in [0.15, 0.2) is 18.2 Å². The molecule has 32 heavy (non-hydrogen) atoms. The zero-order valence-electron chi connectivity index (χ0n) is 20.3. The molecule has 0 radical (unpaired) electrons. The molecule has 0 amide bonds. The molecule has 0 fully saturated rings. The van der Waals surface area contributed by atoms with Gasteiger partial charge in [-0.2, -0.15) is 12.7 Å². The molecule has 178 valence electrons. The van der Waals surface area contributed by atoms with E-state index in [-0.39, 0.29) is 11.6 Å². The number of benzene rings is 1. The molecule has 2 aromatic rings. The maximum atomic E-state index is 13.6. The van der Waals surface area contributed by atoms with Gasteiger partial charge in [-0.1, -0.05) is 39.9 Å². The van der Waals surface area contributed by atoms with E-state index in [0.717, 1.165) is 5.56 Å². The number of imidazole rings is 1. The average molecular weight is 482 g/mol. The van der Waals surface area contributed by atoms with E-state index in [9.17, 15) is 13.5 Å². The van der Waals surface area contributed by atoms with Gasteiger partial charge in [-0.25, -0.2) is 8.96 Å². The number of aliphatic hydroxyl groups excluding tert-OH is 1. The quantitative estimate of drug-likeness (QED) is 0.637. The second-order valence-electron chi connectivity index (χ2n) is 9.97. The highest BCUT2D eigenvalue weighted by molar-refractivity contribution is 7.87. The van der Waals surface area contributed by atoms with Gasteiger partial charge in [0.25, 0.3) is 0 Å². The van der Waals surface area contributed by atoms with E-state index in [1.54, 1.807) is 6.07 Å². The lowest BCUT2D eigenvalue weighted by Gasteiger charge is -2.36. The fourth-order valence-electron chi connectivity index (χ4n) is 3.67. The predicted molar refractivity (Wildman–Crippen MR) is 128 cm³/mol. The fourth-order valence-corrected chi connectivity index (χ4v) is 7.54. The van der Waals surface area contributed by atoms with E-state index < -0.39 is 24.2 Å². The van der Waals surface area contributed by atoms with Gasteiger partial charge in [0.1, 0.15) is 26.7 Å². The van der Waals surface area contributed by atoms with Crippen LogP contribution in [0.4, 0.5) is 0 Å². The predicted octanol–water partition coefficient (Wildman–Crippen LogP) is 2.46. The van der Waals surface area contributed by atoms with Crippen molar-refractivity contribution in [1.82, 2.24) is 13.3 Å². The normalized spacial score (nSPS) is 15.8. The Bertz CT molecular complexity index is 1100. The minimum atomic E-state index is -3.89. The third kappa shape index (κ3) is 4.09. The van der Waals surface area contributed by atoms with E-state index in [1.807, 2.05) is 19.1 Å². The Kier molecular flexibility index (Phi) is 6.56. The molecule has 1 N–H and O–H groups in total. The highest BCUT2D eigenvalue weighted by Crippen LogP contribution is 2.39. The SMILES string of the molecule is Cc1nc([Si](C)(C)C(C)(C)C)n(S(=O)(=O)N(C)C)c1C(CO)c1ccc2c(c1)OCCO2. The summed E-state index contributed by atoms with van der Waals surface area (Å²) in [6, 6.07) is 5.47. The van der Waals surface area contributed by atoms with Gasteiger partial charge in [0.05, 0.1) is 23.9 Å². The standard InChI is InChI=1S/C22H35N3O5SSi/c1-15-20(17(14-26)16-9-10-18-19(13-16)30-12-11-29-18)25(31(27,28)24(5)6)21(23-15)32(7,8)22(2,3)4/h9-10,13,17,26H,11-12,14H2,1-8H3. The number of aryl methyl sites for hydroxylation is 1. The zero-order valence-corrected chi connectivity index (χ0v) is 22.1. The van der Waals surface area contributed by atoms with Crippen LogP contribution in [0, 0.1) is 6.92 Å². The van der Waals surface area contributed by atoms with Crippen LogP contribution in [0.2, 0.25) is 18.1 Å². The van der Waals surface area contributed by atoms with Crippen molar-refractivity contribution in [2.45, 2.75) is 51.7 Å². The summed E-state index contributed by atoms with van der Waals surface area (Å²) in [5.41, 5.74) is 2.42. The van der Waals surface area contributed by atoms with Crippen LogP contribution in [0.5, 0.6) is 11.5 Å². The molecule has 10 heteroatoms. The first-order valence-corrected chi connectivity index (χ1v) is 15.2. The lowest BCUT2D eigenvalue weighted by Crippen LogP contribution is -2.56. The van der Waals surface area contributed by atoms with Gasteiger partial charge in [-0.3, -0.25) is 0 Å². The van der Waals surface area contributed by atoms with Gasteiger partial charge in [0, 0.05) is 14.1 Å². The molecule has 1 aliphatic rings. The minimum Gasteiger partial charge on any atom is -0.486 e. The van der Waals surface area contributed by atoms with Crippen LogP contribution in [-0.2, 0) is 10.2 Å². The van der Waals surface area contributed by atoms with Gasteiger partial charge >= 0.3 is 10.2 Å². The molecule has 0 saturated heterocycles. The molecular weight excluding hydrogens is 446 g/mol. The number of fused-ring (bicyclic) bond motifs is 1. The molecule has 8 nitrogen and oxygen atoms in total. The zero-order chi connectivity index (χ0) is 24.1. The summed E-state index contributed by atoms with van der Waals surface area (Å²) in [7, 11) is -3.21. The van der Waals surface area contributed by atoms with E-state index >= 15 is 0 Å². The number of rotatable bonds is 6. The smallest absolute Gasteiger partial charge is 0.308 e. The molecular formula is C22H35N3O5SSi. The molecule has 0 aliphatic carbocycles. The van der Waals surface area contributed by atoms with Crippen molar-refractivity contribution < 1.29 is 23.0 Å². The Morgan fingerprint density at radius 1 is 1.19 bits per heavy atom. The molecule has 0 saturated carbocycles. The number of ether oxygens (including phenoxy) is 2. The highest BCUT2D eigenvalue weighted by Gasteiger charge is 2.45. The van der Waals surface area contributed by atoms with Crippen molar-refractivity contribution in [2.75, 3.05) is 33.9 Å². The molecule has 0 spiro atoms. The van der Waals surface area contributed by atoms with Gasteiger partial charge in [0.15, 0.2) is 11.5 Å². The van der Waals surface area contributed by atoms with E-state index in [4.69, 9.17) is 14.5 Å². The van der Waals surface area contributed by atoms with Crippen molar-refractivity contribution in [3.63, 3.8) is 0 Å². The summed E-state index contributed by atoms with van der Waals surface area (Å²) in [4.78, 5) is 4.83. The molecule has 0 bridgehead atoms. The van der Waals surface area contributed by atoms with Crippen LogP contribution < -0.4 is 14.9 Å². The summed E-state index contributed by atoms with van der Waals surface area (Å²) >= 11 is 0. The summed E-state index contributed by atoms with van der Waals surface area (Å²) in [5.74, 6) is 0.646. The number of aliphatic hydroxyl groups is 1. The lowest BCUT2D eigenvalue weighted by molar-refractivity contribution is 0.171. The van der Waals surface area contributed by atoms with Gasteiger partial charge in [-0.05, 0) is 29.7 Å². The van der Waals surface area contributed by atoms with Gasteiger partial charge < -0.3 is 14.6 Å². The van der Waals surface area contributed by atoms with Crippen LogP contribution >= 0.6 is 0 Å². The molecule has 3 rings (SSSR count). The first-order chi connectivity index (χ1) is 14.7. The van der Waals surface area contributed by atoms with E-state index in [2.05, 4.69) is 33.9 Å². The molecule has 1 unspecified atom stereocenters. The largest absolute Gasteiger partial charge is 0.486 e. The lowest BCUT2D eigenvalue weighted by atomic mass is 9.95. The Labute approximate surface area is 192 Å². The molecule has 2 heterocycles. The van der Waals surface area contributed by atoms with E-state index in [0.29, 0.717) is 41.5 Å². The summed E-state index contributed by atoms with van der Waals surface area (Å²) in [5, 5.41) is 10.3. The van der Waals surface area contributed by atoms with Crippen LogP contribution in [-0.4, -0.2) is 68.8 Å². The Morgan fingerprint density at radius 2 is 1.78 bits per heavy atom. The fraction of sp³-hybridized carbons (Fsp3) is 0.591. The van der Waals surface area contributed by atoms with Crippen LogP contribution in [0.3, 0.4) is 0 Å². The second-order valence-corrected chi connectivity index (χ2v) is 17.2. The third-order valence-corrected chi connectivity index (χ3v) is 13.8. The topological polar surface area (TPSA) is 93.9 Å². The highest BCUT2D eigenvalue weighted by atomic mass is 32.2. The van der Waals surface area contributed by atoms with E-state index in [1.165, 1.54) is 22.4 Å². The summed E-state index contributed by atoms with van der Waals surface area (Å²) in [6.45, 7) is 13.1. The van der Waals surface area contributed by atoms with Gasteiger partial charge in [0.2, 0.25) is 0 Å². The third-order valence-electron chi connectivity index (χ3n) is 6.66. The monoisotopic (exact) mass is 481 g/mol. The number of aromatic nitrogens is 2. The second kappa shape index (κ2) is 8.47. The maximum Gasteiger partial charge on any atom is 0.308 e. The van der Waals surface area contributed by atoms with Crippen molar-refractivity contribution in [3.8, 4) is 11.5 Å². The summed E-state index contributed by atoms with van der Waals surface area (Å²) in [6.07, 6.45) is 0. The minimum absolute atomic E-state index is 0.132. The maximum absolute atomic E-state index is 13.6. The molecule has 1 atom stereocenters. The summed E-state index contributed by atoms with van der Waals surface area (Å²) < 4.78 is 41.1. The van der Waals surface area contributed by atoms with Crippen molar-refractivity contribution in [2.24, 2.45) is 0 Å². The average Bonchev–Trinajstić information content (AvgIpc) is 3.06. The Morgan fingerprint density at radius 3 is 2.31 bits per heavy atom. The number of hydrogen-bond acceptors (Lipinski definition) is 6. The van der Waals surface area contributed by atoms with Gasteiger partial charge in [-0.15, -0.1) is 0 Å². The van der Waals surface area contributed by atoms with Crippen molar-refractivity contribution in [1.29, 1.82) is 0 Å². The molecule has 1 aromatic heterocycles. The number of hydrogen-bond donors (Lipinski definition) is 1. The molecule has 1 aliphatic heterocycles. The Balaban J connectivity index is 2.30. The first kappa shape index (κ1) is 24.8. The van der Waals surface area contributed by atoms with Crippen molar-refractivity contribution in [3.05, 3.63) is 35.2 Å². The first-order valence-electron chi connectivity index (χ1n) is 10.8. The Hall–Kier alpha value is -1.88.